The van der Waals surface area contributed by atoms with Crippen molar-refractivity contribution in [2.45, 2.75) is 30.5 Å². The van der Waals surface area contributed by atoms with Gasteiger partial charge in [-0.25, -0.2) is 0 Å². The maximum atomic E-state index is 12.6. The van der Waals surface area contributed by atoms with Gasteiger partial charge >= 0.3 is 0 Å². The summed E-state index contributed by atoms with van der Waals surface area (Å²) < 4.78 is 16.9. The van der Waals surface area contributed by atoms with Crippen LogP contribution >= 0.6 is 35.8 Å². The molecular formula is C24H32Cl2N2O4S. The smallest absolute Gasteiger partial charge is 0.225 e. The second-order valence-corrected chi connectivity index (χ2v) is 9.06. The number of hydrogen-bond acceptors (Lipinski definition) is 6. The summed E-state index contributed by atoms with van der Waals surface area (Å²) in [6.07, 6.45) is 0.896. The minimum Gasteiger partial charge on any atom is -0.497 e. The van der Waals surface area contributed by atoms with Gasteiger partial charge in [0.2, 0.25) is 5.91 Å². The first-order chi connectivity index (χ1) is 15.5. The molecule has 0 spiro atoms. The number of rotatable bonds is 11. The minimum atomic E-state index is -0.250. The molecule has 1 aliphatic heterocycles. The SMILES string of the molecule is CCN(CCCOc1ccc(OC)cc1C1Sc2cc(Cl)ccc2N1C(C)=O)CCOC.Cl. The lowest BCUT2D eigenvalue weighted by molar-refractivity contribution is -0.116. The van der Waals surface area contributed by atoms with Crippen LogP contribution in [-0.4, -0.2) is 57.9 Å². The van der Waals surface area contributed by atoms with Crippen LogP contribution in [0.1, 0.15) is 31.2 Å². The fourth-order valence-corrected chi connectivity index (χ4v) is 5.35. The van der Waals surface area contributed by atoms with Gasteiger partial charge in [-0.1, -0.05) is 30.3 Å². The van der Waals surface area contributed by atoms with Gasteiger partial charge in [0.15, 0.2) is 0 Å². The van der Waals surface area contributed by atoms with E-state index in [-0.39, 0.29) is 23.7 Å². The number of carbonyl (C=O) groups excluding carboxylic acids is 1. The van der Waals surface area contributed by atoms with Crippen LogP contribution < -0.4 is 14.4 Å². The number of hydrogen-bond donors (Lipinski definition) is 0. The average Bonchev–Trinajstić information content (AvgIpc) is 3.17. The van der Waals surface area contributed by atoms with Crippen molar-refractivity contribution in [2.75, 3.05) is 52.0 Å². The molecule has 1 unspecified atom stereocenters. The van der Waals surface area contributed by atoms with Gasteiger partial charge in [0.25, 0.3) is 0 Å². The van der Waals surface area contributed by atoms with Crippen LogP contribution in [0.3, 0.4) is 0 Å². The van der Waals surface area contributed by atoms with Gasteiger partial charge in [-0.15, -0.1) is 12.4 Å². The molecule has 0 aliphatic carbocycles. The van der Waals surface area contributed by atoms with Crippen molar-refractivity contribution < 1.29 is 19.0 Å². The molecule has 0 saturated carbocycles. The van der Waals surface area contributed by atoms with E-state index < -0.39 is 0 Å². The number of benzene rings is 2. The first-order valence-corrected chi connectivity index (χ1v) is 12.0. The van der Waals surface area contributed by atoms with Crippen molar-refractivity contribution >= 4 is 47.4 Å². The molecule has 9 heteroatoms. The monoisotopic (exact) mass is 514 g/mol. The zero-order chi connectivity index (χ0) is 23.1. The Hall–Kier alpha value is -1.64. The Balaban J connectivity index is 0.00000385. The summed E-state index contributed by atoms with van der Waals surface area (Å²) in [4.78, 5) is 17.7. The summed E-state index contributed by atoms with van der Waals surface area (Å²) in [7, 11) is 3.36. The Morgan fingerprint density at radius 1 is 1.15 bits per heavy atom. The molecule has 1 aliphatic rings. The van der Waals surface area contributed by atoms with Crippen molar-refractivity contribution in [3.63, 3.8) is 0 Å². The maximum absolute atomic E-state index is 12.6. The molecule has 182 valence electrons. The van der Waals surface area contributed by atoms with E-state index in [1.807, 2.05) is 36.4 Å². The second-order valence-electron chi connectivity index (χ2n) is 7.50. The van der Waals surface area contributed by atoms with Crippen molar-refractivity contribution in [1.29, 1.82) is 0 Å². The zero-order valence-electron chi connectivity index (χ0n) is 19.5. The number of thioether (sulfide) groups is 1. The number of amides is 1. The predicted molar refractivity (Wildman–Crippen MR) is 138 cm³/mol. The van der Waals surface area contributed by atoms with E-state index in [2.05, 4.69) is 11.8 Å². The van der Waals surface area contributed by atoms with Crippen LogP contribution in [0.4, 0.5) is 5.69 Å². The van der Waals surface area contributed by atoms with Gasteiger partial charge in [-0.2, -0.15) is 0 Å². The topological polar surface area (TPSA) is 51.2 Å². The summed E-state index contributed by atoms with van der Waals surface area (Å²) in [5, 5.41) is 0.399. The van der Waals surface area contributed by atoms with Crippen molar-refractivity contribution in [3.8, 4) is 11.5 Å². The minimum absolute atomic E-state index is 0. The third-order valence-corrected chi connectivity index (χ3v) is 6.92. The molecule has 0 radical (unpaired) electrons. The number of anilines is 1. The van der Waals surface area contributed by atoms with Crippen LogP contribution in [0, 0.1) is 0 Å². The first-order valence-electron chi connectivity index (χ1n) is 10.8. The van der Waals surface area contributed by atoms with Crippen molar-refractivity contribution in [1.82, 2.24) is 4.90 Å². The van der Waals surface area contributed by atoms with Crippen LogP contribution in [0.15, 0.2) is 41.3 Å². The molecule has 0 aromatic heterocycles. The highest BCUT2D eigenvalue weighted by atomic mass is 35.5. The molecule has 33 heavy (non-hydrogen) atoms. The van der Waals surface area contributed by atoms with Crippen molar-refractivity contribution in [2.24, 2.45) is 0 Å². The second kappa shape index (κ2) is 13.3. The highest BCUT2D eigenvalue weighted by Gasteiger charge is 2.36. The molecule has 1 heterocycles. The number of nitrogens with zero attached hydrogens (tertiary/aromatic N) is 2. The van der Waals surface area contributed by atoms with E-state index in [0.29, 0.717) is 11.6 Å². The number of ether oxygens (including phenoxy) is 3. The van der Waals surface area contributed by atoms with E-state index >= 15 is 0 Å². The highest BCUT2D eigenvalue weighted by Crippen LogP contribution is 2.54. The van der Waals surface area contributed by atoms with Crippen LogP contribution in [-0.2, 0) is 9.53 Å². The molecule has 0 fully saturated rings. The lowest BCUT2D eigenvalue weighted by Crippen LogP contribution is -2.29. The number of carbonyl (C=O) groups is 1. The van der Waals surface area contributed by atoms with E-state index in [9.17, 15) is 4.79 Å². The van der Waals surface area contributed by atoms with Gasteiger partial charge in [0, 0.05) is 42.6 Å². The van der Waals surface area contributed by atoms with Crippen LogP contribution in [0.5, 0.6) is 11.5 Å². The average molecular weight is 516 g/mol. The van der Waals surface area contributed by atoms with Gasteiger partial charge in [-0.05, 0) is 49.4 Å². The van der Waals surface area contributed by atoms with E-state index in [4.69, 9.17) is 25.8 Å². The molecule has 1 atom stereocenters. The van der Waals surface area contributed by atoms with E-state index in [0.717, 1.165) is 60.3 Å². The predicted octanol–water partition coefficient (Wildman–Crippen LogP) is 5.67. The maximum Gasteiger partial charge on any atom is 0.225 e. The molecule has 1 amide bonds. The molecule has 0 N–H and O–H groups in total. The highest BCUT2D eigenvalue weighted by molar-refractivity contribution is 8.00. The third kappa shape index (κ3) is 6.93. The summed E-state index contributed by atoms with van der Waals surface area (Å²) in [5.74, 6) is 1.45. The van der Waals surface area contributed by atoms with Gasteiger partial charge < -0.3 is 19.1 Å². The van der Waals surface area contributed by atoms with Gasteiger partial charge in [0.05, 0.1) is 26.0 Å². The number of likely N-dealkylation sites (N-methyl/N-ethyl adjacent to an activating group) is 1. The van der Waals surface area contributed by atoms with Crippen LogP contribution in [0.2, 0.25) is 5.02 Å². The Morgan fingerprint density at radius 2 is 1.94 bits per heavy atom. The standard InChI is InChI=1S/C24H31ClN2O4S.ClH/c1-5-26(12-14-29-3)11-6-13-31-22-10-8-19(30-4)16-20(22)24-27(17(2)28)21-9-7-18(25)15-23(21)32-24;/h7-10,15-16,24H,5-6,11-14H2,1-4H3;1H. The van der Waals surface area contributed by atoms with Gasteiger partial charge in [0.1, 0.15) is 16.9 Å². The number of methoxy groups -OCH3 is 2. The molecule has 3 rings (SSSR count). The Labute approximate surface area is 211 Å². The van der Waals surface area contributed by atoms with E-state index in [1.54, 1.807) is 37.8 Å². The molecule has 0 bridgehead atoms. The Morgan fingerprint density at radius 3 is 2.61 bits per heavy atom. The normalized spacial score (nSPS) is 14.7. The third-order valence-electron chi connectivity index (χ3n) is 5.41. The largest absolute Gasteiger partial charge is 0.497 e. The molecule has 2 aromatic rings. The fraction of sp³-hybridized carbons (Fsp3) is 0.458. The van der Waals surface area contributed by atoms with Gasteiger partial charge in [-0.3, -0.25) is 9.69 Å². The first kappa shape index (κ1) is 27.6. The fourth-order valence-electron chi connectivity index (χ4n) is 3.71. The Kier molecular flexibility index (Phi) is 11.1. The quantitative estimate of drug-likeness (QED) is 0.360. The molecular weight excluding hydrogens is 483 g/mol. The molecule has 0 saturated heterocycles. The number of halogens is 2. The van der Waals surface area contributed by atoms with Crippen molar-refractivity contribution in [3.05, 3.63) is 47.0 Å². The lowest BCUT2D eigenvalue weighted by atomic mass is 10.1. The summed E-state index contributed by atoms with van der Waals surface area (Å²) in [6.45, 7) is 7.86. The van der Waals surface area contributed by atoms with Crippen LogP contribution in [0.25, 0.3) is 0 Å². The summed E-state index contributed by atoms with van der Waals surface area (Å²) in [6, 6.07) is 11.4. The molecule has 2 aromatic carbocycles. The molecule has 6 nitrogen and oxygen atoms in total. The Bertz CT molecular complexity index is 931. The van der Waals surface area contributed by atoms with E-state index in [1.165, 1.54) is 0 Å². The lowest BCUT2D eigenvalue weighted by Gasteiger charge is -2.26. The zero-order valence-corrected chi connectivity index (χ0v) is 21.9. The summed E-state index contributed by atoms with van der Waals surface area (Å²) >= 11 is 7.80. The number of fused-ring (bicyclic) bond motifs is 1. The summed E-state index contributed by atoms with van der Waals surface area (Å²) in [5.41, 5.74) is 1.77.